The first kappa shape index (κ1) is 6.91. The third-order valence-electron chi connectivity index (χ3n) is 0.518. The van der Waals surface area contributed by atoms with Gasteiger partial charge in [0.1, 0.15) is 0 Å². The highest BCUT2D eigenvalue weighted by Crippen LogP contribution is 1.86. The molecule has 0 rings (SSSR count). The Morgan fingerprint density at radius 1 is 1.43 bits per heavy atom. The predicted molar refractivity (Wildman–Crippen MR) is 36.4 cm³/mol. The summed E-state index contributed by atoms with van der Waals surface area (Å²) in [6, 6.07) is 0. The molecule has 0 aliphatic carbocycles. The molecule has 0 nitrogen and oxygen atoms in total. The summed E-state index contributed by atoms with van der Waals surface area (Å²) in [5.41, 5.74) is 0. The SMILES string of the molecule is CCC#CCSC. The molecule has 0 aliphatic rings. The molecule has 0 saturated heterocycles. The number of hydrogen-bond acceptors (Lipinski definition) is 1. The van der Waals surface area contributed by atoms with Gasteiger partial charge in [0.25, 0.3) is 0 Å². The lowest BCUT2D eigenvalue weighted by molar-refractivity contribution is 1.28. The third kappa shape index (κ3) is 5.91. The van der Waals surface area contributed by atoms with Crippen LogP contribution in [0.15, 0.2) is 0 Å². The Morgan fingerprint density at radius 2 is 2.14 bits per heavy atom. The van der Waals surface area contributed by atoms with Gasteiger partial charge in [-0.2, -0.15) is 11.8 Å². The average molecular weight is 114 g/mol. The van der Waals surface area contributed by atoms with Crippen molar-refractivity contribution in [1.82, 2.24) is 0 Å². The predicted octanol–water partition coefficient (Wildman–Crippen LogP) is 1.76. The zero-order valence-electron chi connectivity index (χ0n) is 4.82. The van der Waals surface area contributed by atoms with Crippen molar-refractivity contribution >= 4 is 11.8 Å². The van der Waals surface area contributed by atoms with E-state index in [0.717, 1.165) is 12.2 Å². The second-order valence-electron chi connectivity index (χ2n) is 1.14. The van der Waals surface area contributed by atoms with Gasteiger partial charge in [0.15, 0.2) is 0 Å². The smallest absolute Gasteiger partial charge is 0.0544 e. The largest absolute Gasteiger partial charge is 0.152 e. The molecule has 0 heterocycles. The van der Waals surface area contributed by atoms with E-state index >= 15 is 0 Å². The molecule has 0 spiro atoms. The Morgan fingerprint density at radius 3 is 2.57 bits per heavy atom. The molecule has 40 valence electrons. The van der Waals surface area contributed by atoms with Crippen LogP contribution >= 0.6 is 11.8 Å². The van der Waals surface area contributed by atoms with Crippen molar-refractivity contribution in [3.63, 3.8) is 0 Å². The van der Waals surface area contributed by atoms with E-state index in [0.29, 0.717) is 0 Å². The van der Waals surface area contributed by atoms with Gasteiger partial charge in [-0.15, -0.1) is 5.92 Å². The van der Waals surface area contributed by atoms with E-state index < -0.39 is 0 Å². The average Bonchev–Trinajstić information content (AvgIpc) is 1.69. The van der Waals surface area contributed by atoms with Gasteiger partial charge >= 0.3 is 0 Å². The Balaban J connectivity index is 2.91. The van der Waals surface area contributed by atoms with Crippen LogP contribution in [0.25, 0.3) is 0 Å². The zero-order valence-corrected chi connectivity index (χ0v) is 5.64. The fourth-order valence-corrected chi connectivity index (χ4v) is 0.495. The van der Waals surface area contributed by atoms with Crippen molar-refractivity contribution < 1.29 is 0 Å². The quantitative estimate of drug-likeness (QED) is 0.468. The van der Waals surface area contributed by atoms with Crippen LogP contribution in [0.4, 0.5) is 0 Å². The van der Waals surface area contributed by atoms with Crippen LogP contribution < -0.4 is 0 Å². The fourth-order valence-electron chi connectivity index (χ4n) is 0.248. The van der Waals surface area contributed by atoms with Crippen molar-refractivity contribution in [1.29, 1.82) is 0 Å². The van der Waals surface area contributed by atoms with Gasteiger partial charge in [0.2, 0.25) is 0 Å². The van der Waals surface area contributed by atoms with Crippen LogP contribution in [0.3, 0.4) is 0 Å². The van der Waals surface area contributed by atoms with Gasteiger partial charge in [-0.05, 0) is 6.26 Å². The molecule has 0 fully saturated rings. The molecule has 0 atom stereocenters. The van der Waals surface area contributed by atoms with E-state index in [1.807, 2.05) is 0 Å². The van der Waals surface area contributed by atoms with Crippen molar-refractivity contribution in [3.8, 4) is 11.8 Å². The van der Waals surface area contributed by atoms with Gasteiger partial charge in [0, 0.05) is 6.42 Å². The Hall–Kier alpha value is -0.0900. The maximum absolute atomic E-state index is 3.00. The molecule has 0 aromatic carbocycles. The highest BCUT2D eigenvalue weighted by atomic mass is 32.2. The maximum Gasteiger partial charge on any atom is 0.0544 e. The first-order valence-corrected chi connectivity index (χ1v) is 3.75. The first-order chi connectivity index (χ1) is 3.41. The lowest BCUT2D eigenvalue weighted by Crippen LogP contribution is -1.64. The van der Waals surface area contributed by atoms with Crippen molar-refractivity contribution in [2.24, 2.45) is 0 Å². The molecule has 0 unspecified atom stereocenters. The van der Waals surface area contributed by atoms with E-state index in [9.17, 15) is 0 Å². The molecule has 0 N–H and O–H groups in total. The van der Waals surface area contributed by atoms with Crippen molar-refractivity contribution in [2.45, 2.75) is 13.3 Å². The fraction of sp³-hybridized carbons (Fsp3) is 0.667. The number of rotatable bonds is 1. The molecule has 0 amide bonds. The van der Waals surface area contributed by atoms with Gasteiger partial charge in [-0.25, -0.2) is 0 Å². The summed E-state index contributed by atoms with van der Waals surface area (Å²) in [6.07, 6.45) is 3.05. The summed E-state index contributed by atoms with van der Waals surface area (Å²) in [5.74, 6) is 6.96. The molecule has 0 aromatic heterocycles. The maximum atomic E-state index is 3.00. The number of thioether (sulfide) groups is 1. The highest BCUT2D eigenvalue weighted by Gasteiger charge is 1.65. The summed E-state index contributed by atoms with van der Waals surface area (Å²) >= 11 is 1.77. The molecule has 7 heavy (non-hydrogen) atoms. The Labute approximate surface area is 49.7 Å². The van der Waals surface area contributed by atoms with E-state index in [-0.39, 0.29) is 0 Å². The van der Waals surface area contributed by atoms with Crippen LogP contribution in [-0.2, 0) is 0 Å². The van der Waals surface area contributed by atoms with Crippen LogP contribution in [0, 0.1) is 11.8 Å². The summed E-state index contributed by atoms with van der Waals surface area (Å²) in [5, 5.41) is 0. The molecule has 1 heteroatoms. The molecule has 0 aromatic rings. The first-order valence-electron chi connectivity index (χ1n) is 2.36. The summed E-state index contributed by atoms with van der Waals surface area (Å²) in [6.45, 7) is 2.06. The Kier molecular flexibility index (Phi) is 5.83. The lowest BCUT2D eigenvalue weighted by atomic mass is 10.5. The van der Waals surface area contributed by atoms with Gasteiger partial charge < -0.3 is 0 Å². The minimum Gasteiger partial charge on any atom is -0.152 e. The van der Waals surface area contributed by atoms with Crippen LogP contribution in [0.5, 0.6) is 0 Å². The molecule has 0 saturated carbocycles. The molecule has 0 bridgehead atoms. The Bertz CT molecular complexity index is 75.9. The van der Waals surface area contributed by atoms with Crippen molar-refractivity contribution in [3.05, 3.63) is 0 Å². The van der Waals surface area contributed by atoms with Gasteiger partial charge in [-0.3, -0.25) is 0 Å². The number of hydrogen-bond donors (Lipinski definition) is 0. The van der Waals surface area contributed by atoms with E-state index in [1.54, 1.807) is 11.8 Å². The molecule has 0 aliphatic heterocycles. The molecular formula is C6H10S. The van der Waals surface area contributed by atoms with Crippen LogP contribution in [0.1, 0.15) is 13.3 Å². The standard InChI is InChI=1S/C6H10S/c1-3-4-5-6-7-2/h3,6H2,1-2H3. The molecule has 0 radical (unpaired) electrons. The van der Waals surface area contributed by atoms with Gasteiger partial charge in [0.05, 0.1) is 5.75 Å². The lowest BCUT2D eigenvalue weighted by Gasteiger charge is -1.75. The summed E-state index contributed by atoms with van der Waals surface area (Å²) < 4.78 is 0. The van der Waals surface area contributed by atoms with E-state index in [1.165, 1.54) is 0 Å². The van der Waals surface area contributed by atoms with Crippen molar-refractivity contribution in [2.75, 3.05) is 12.0 Å². The third-order valence-corrected chi connectivity index (χ3v) is 0.951. The summed E-state index contributed by atoms with van der Waals surface area (Å²) in [7, 11) is 0. The minimum atomic E-state index is 0.980. The second kappa shape index (κ2) is 5.91. The molecular weight excluding hydrogens is 104 g/mol. The van der Waals surface area contributed by atoms with Crippen LogP contribution in [-0.4, -0.2) is 12.0 Å². The highest BCUT2D eigenvalue weighted by molar-refractivity contribution is 7.98. The van der Waals surface area contributed by atoms with Crippen LogP contribution in [0.2, 0.25) is 0 Å². The topological polar surface area (TPSA) is 0 Å². The minimum absolute atomic E-state index is 0.980. The summed E-state index contributed by atoms with van der Waals surface area (Å²) in [4.78, 5) is 0. The zero-order chi connectivity index (χ0) is 5.54. The van der Waals surface area contributed by atoms with E-state index in [2.05, 4.69) is 25.0 Å². The normalized spacial score (nSPS) is 7.14. The van der Waals surface area contributed by atoms with Gasteiger partial charge in [-0.1, -0.05) is 12.8 Å². The van der Waals surface area contributed by atoms with E-state index in [4.69, 9.17) is 0 Å². The second-order valence-corrected chi connectivity index (χ2v) is 2.01. The monoisotopic (exact) mass is 114 g/mol.